The summed E-state index contributed by atoms with van der Waals surface area (Å²) in [5.74, 6) is -0.795. The predicted octanol–water partition coefficient (Wildman–Crippen LogP) is -0.531. The smallest absolute Gasteiger partial charge is 0.288 e. The van der Waals surface area contributed by atoms with Gasteiger partial charge < -0.3 is 0 Å². The fourth-order valence-electron chi connectivity index (χ4n) is 2.05. The molecule has 3 rings (SSSR count). The summed E-state index contributed by atoms with van der Waals surface area (Å²) in [5.41, 5.74) is -1.70. The number of rotatable bonds is 3. The quantitative estimate of drug-likeness (QED) is 0.618. The summed E-state index contributed by atoms with van der Waals surface area (Å²) < 4.78 is 3.66. The highest BCUT2D eigenvalue weighted by Crippen LogP contribution is 2.13. The molecule has 0 unspecified atom stereocenters. The van der Waals surface area contributed by atoms with E-state index in [0.29, 0.717) is 10.2 Å². The molecule has 1 amide bonds. The van der Waals surface area contributed by atoms with Crippen molar-refractivity contribution in [1.82, 2.24) is 34.6 Å². The van der Waals surface area contributed by atoms with E-state index < -0.39 is 22.9 Å². The number of aromatic nitrogens is 7. The van der Waals surface area contributed by atoms with Crippen LogP contribution in [0.2, 0.25) is 0 Å². The Morgan fingerprint density at radius 1 is 1.20 bits per heavy atom. The second kappa shape index (κ2) is 6.39. The molecule has 0 aliphatic rings. The minimum absolute atomic E-state index is 0.0362. The van der Waals surface area contributed by atoms with Gasteiger partial charge in [0.2, 0.25) is 11.6 Å². The number of anilines is 1. The molecule has 0 saturated carbocycles. The van der Waals surface area contributed by atoms with Gasteiger partial charge in [-0.05, 0) is 28.6 Å². The average Bonchev–Trinajstić information content (AvgIpc) is 2.96. The molecule has 0 aliphatic heterocycles. The first-order valence-corrected chi connectivity index (χ1v) is 7.68. The van der Waals surface area contributed by atoms with Gasteiger partial charge in [0.25, 0.3) is 11.5 Å². The molecule has 128 valence electrons. The van der Waals surface area contributed by atoms with Gasteiger partial charge in [0, 0.05) is 18.6 Å². The first-order valence-electron chi connectivity index (χ1n) is 6.88. The zero-order chi connectivity index (χ0) is 18.1. The lowest BCUT2D eigenvalue weighted by Crippen LogP contribution is -2.43. The summed E-state index contributed by atoms with van der Waals surface area (Å²) in [4.78, 5) is 37.4. The van der Waals surface area contributed by atoms with Crippen LogP contribution in [0.3, 0.4) is 0 Å². The maximum Gasteiger partial charge on any atom is 0.351 e. The van der Waals surface area contributed by atoms with Crippen molar-refractivity contribution in [3.8, 4) is 5.69 Å². The van der Waals surface area contributed by atoms with E-state index in [1.54, 1.807) is 24.3 Å². The Hall–Kier alpha value is -3.15. The van der Waals surface area contributed by atoms with E-state index in [1.165, 1.54) is 18.8 Å². The number of nitrogens with one attached hydrogen (secondary N) is 1. The van der Waals surface area contributed by atoms with E-state index in [9.17, 15) is 14.4 Å². The second-order valence-electron chi connectivity index (χ2n) is 4.96. The topological polar surface area (TPSA) is 130 Å². The molecule has 3 aromatic rings. The summed E-state index contributed by atoms with van der Waals surface area (Å²) in [5, 5.41) is 16.7. The lowest BCUT2D eigenvalue weighted by atomic mass is 10.3. The average molecular weight is 407 g/mol. The standard InChI is InChI=1S/C13H11BrN8O3/c1-20-12(16-18-19-20)15-10(23)9-11(24)22(13(25)21(2)17-9)8-5-3-4-7(14)6-8/h3-6H,1-2H3,(H,15,16,19,23). The first-order chi connectivity index (χ1) is 11.9. The number of tetrazole rings is 1. The molecular formula is C13H11BrN8O3. The highest BCUT2D eigenvalue weighted by molar-refractivity contribution is 9.10. The summed E-state index contributed by atoms with van der Waals surface area (Å²) in [7, 11) is 2.86. The first kappa shape index (κ1) is 16.7. The Morgan fingerprint density at radius 3 is 2.60 bits per heavy atom. The summed E-state index contributed by atoms with van der Waals surface area (Å²) in [6.45, 7) is 0. The lowest BCUT2D eigenvalue weighted by Gasteiger charge is -2.09. The fourth-order valence-corrected chi connectivity index (χ4v) is 2.44. The predicted molar refractivity (Wildman–Crippen MR) is 89.5 cm³/mol. The number of halogens is 1. The van der Waals surface area contributed by atoms with Crippen LogP contribution in [0.25, 0.3) is 5.69 Å². The van der Waals surface area contributed by atoms with E-state index in [2.05, 4.69) is 41.9 Å². The molecule has 25 heavy (non-hydrogen) atoms. The highest BCUT2D eigenvalue weighted by atomic mass is 79.9. The Balaban J connectivity index is 2.13. The van der Waals surface area contributed by atoms with Gasteiger partial charge in [0.15, 0.2) is 0 Å². The van der Waals surface area contributed by atoms with E-state index in [0.717, 1.165) is 9.25 Å². The van der Waals surface area contributed by atoms with Gasteiger partial charge in [0.05, 0.1) is 5.69 Å². The van der Waals surface area contributed by atoms with Crippen LogP contribution in [0, 0.1) is 0 Å². The van der Waals surface area contributed by atoms with Gasteiger partial charge in [0.1, 0.15) is 0 Å². The van der Waals surface area contributed by atoms with Crippen LogP contribution < -0.4 is 16.6 Å². The number of carbonyl (C=O) groups excluding carboxylic acids is 1. The van der Waals surface area contributed by atoms with E-state index >= 15 is 0 Å². The number of aryl methyl sites for hydroxylation is 2. The fraction of sp³-hybridized carbons (Fsp3) is 0.154. The number of amides is 1. The molecule has 2 aromatic heterocycles. The third-order valence-electron chi connectivity index (χ3n) is 3.25. The van der Waals surface area contributed by atoms with Gasteiger partial charge in [-0.15, -0.1) is 0 Å². The maximum absolute atomic E-state index is 12.7. The van der Waals surface area contributed by atoms with E-state index in [1.807, 2.05) is 0 Å². The number of hydrogen-bond donors (Lipinski definition) is 1. The molecule has 0 radical (unpaired) electrons. The largest absolute Gasteiger partial charge is 0.351 e. The van der Waals surface area contributed by atoms with Crippen molar-refractivity contribution in [2.75, 3.05) is 5.32 Å². The third kappa shape index (κ3) is 3.10. The Labute approximate surface area is 148 Å². The molecule has 0 spiro atoms. The van der Waals surface area contributed by atoms with Crippen LogP contribution >= 0.6 is 15.9 Å². The van der Waals surface area contributed by atoms with Gasteiger partial charge in [-0.1, -0.05) is 27.1 Å². The molecule has 12 heteroatoms. The molecule has 11 nitrogen and oxygen atoms in total. The summed E-state index contributed by atoms with van der Waals surface area (Å²) in [6.07, 6.45) is 0. The molecule has 0 aliphatic carbocycles. The van der Waals surface area contributed by atoms with Crippen molar-refractivity contribution in [1.29, 1.82) is 0 Å². The van der Waals surface area contributed by atoms with Gasteiger partial charge in [-0.3, -0.25) is 14.9 Å². The zero-order valence-corrected chi connectivity index (χ0v) is 14.6. The molecule has 0 atom stereocenters. The van der Waals surface area contributed by atoms with Gasteiger partial charge in [-0.2, -0.15) is 5.10 Å². The monoisotopic (exact) mass is 406 g/mol. The van der Waals surface area contributed by atoms with Gasteiger partial charge in [-0.25, -0.2) is 18.7 Å². The summed E-state index contributed by atoms with van der Waals surface area (Å²) >= 11 is 3.28. The minimum atomic E-state index is -0.853. The van der Waals surface area contributed by atoms with Crippen LogP contribution in [0.15, 0.2) is 38.3 Å². The van der Waals surface area contributed by atoms with Crippen LogP contribution in [0.5, 0.6) is 0 Å². The number of benzene rings is 1. The van der Waals surface area contributed by atoms with Crippen LogP contribution in [0.4, 0.5) is 5.95 Å². The van der Waals surface area contributed by atoms with Crippen molar-refractivity contribution >= 4 is 27.8 Å². The van der Waals surface area contributed by atoms with Crippen molar-refractivity contribution in [3.63, 3.8) is 0 Å². The number of carbonyl (C=O) groups is 1. The molecule has 0 saturated heterocycles. The van der Waals surface area contributed by atoms with Gasteiger partial charge >= 0.3 is 5.69 Å². The molecular weight excluding hydrogens is 396 g/mol. The van der Waals surface area contributed by atoms with Crippen molar-refractivity contribution in [2.45, 2.75) is 0 Å². The Bertz CT molecular complexity index is 1080. The minimum Gasteiger partial charge on any atom is -0.288 e. The Morgan fingerprint density at radius 2 is 1.96 bits per heavy atom. The molecule has 0 bridgehead atoms. The van der Waals surface area contributed by atoms with Crippen molar-refractivity contribution in [3.05, 3.63) is 55.3 Å². The number of nitrogens with zero attached hydrogens (tertiary/aromatic N) is 7. The zero-order valence-electron chi connectivity index (χ0n) is 13.0. The van der Waals surface area contributed by atoms with E-state index in [4.69, 9.17) is 0 Å². The Kier molecular flexibility index (Phi) is 4.27. The summed E-state index contributed by atoms with van der Waals surface area (Å²) in [6, 6.07) is 6.56. The molecule has 1 aromatic carbocycles. The normalized spacial score (nSPS) is 10.7. The molecule has 1 N–H and O–H groups in total. The van der Waals surface area contributed by atoms with E-state index in [-0.39, 0.29) is 5.95 Å². The lowest BCUT2D eigenvalue weighted by molar-refractivity contribution is 0.101. The van der Waals surface area contributed by atoms with Crippen LogP contribution in [-0.4, -0.2) is 40.5 Å². The molecule has 2 heterocycles. The maximum atomic E-state index is 12.7. The second-order valence-corrected chi connectivity index (χ2v) is 5.87. The SMILES string of the molecule is Cn1nnnc1NC(=O)c1nn(C)c(=O)n(-c2cccc(Br)c2)c1=O. The highest BCUT2D eigenvalue weighted by Gasteiger charge is 2.21. The van der Waals surface area contributed by atoms with Crippen LogP contribution in [0.1, 0.15) is 10.5 Å². The number of hydrogen-bond acceptors (Lipinski definition) is 7. The van der Waals surface area contributed by atoms with Crippen molar-refractivity contribution < 1.29 is 4.79 Å². The molecule has 0 fully saturated rings. The third-order valence-corrected chi connectivity index (χ3v) is 3.74. The van der Waals surface area contributed by atoms with Crippen molar-refractivity contribution in [2.24, 2.45) is 14.1 Å². The van der Waals surface area contributed by atoms with Crippen LogP contribution in [-0.2, 0) is 14.1 Å².